The van der Waals surface area contributed by atoms with Crippen molar-refractivity contribution in [3.63, 3.8) is 0 Å². The zero-order valence-corrected chi connectivity index (χ0v) is 25.4. The van der Waals surface area contributed by atoms with Gasteiger partial charge in [-0.1, -0.05) is 20.8 Å². The van der Waals surface area contributed by atoms with Gasteiger partial charge in [0.25, 0.3) is 5.69 Å². The number of hydrogen-bond acceptors (Lipinski definition) is 8. The van der Waals surface area contributed by atoms with Crippen LogP contribution in [0.15, 0.2) is 48.1 Å². The second kappa shape index (κ2) is 11.3. The predicted molar refractivity (Wildman–Crippen MR) is 155 cm³/mol. The maximum Gasteiger partial charge on any atom is 0.418 e. The molecule has 0 radical (unpaired) electrons. The summed E-state index contributed by atoms with van der Waals surface area (Å²) in [6.45, 7) is 12.7. The van der Waals surface area contributed by atoms with E-state index in [1.165, 1.54) is 11.3 Å². The molecule has 3 aromatic heterocycles. The van der Waals surface area contributed by atoms with Crippen molar-refractivity contribution in [1.82, 2.24) is 19.7 Å². The molecule has 0 unspecified atom stereocenters. The number of alkyl halides is 3. The van der Waals surface area contributed by atoms with E-state index in [1.807, 2.05) is 17.5 Å². The van der Waals surface area contributed by atoms with E-state index in [9.17, 15) is 23.3 Å². The summed E-state index contributed by atoms with van der Waals surface area (Å²) in [6.07, 6.45) is -1.06. The number of benzene rings is 1. The largest absolute Gasteiger partial charge is 0.418 e. The molecular weight excluding hydrogens is 573 g/mol. The van der Waals surface area contributed by atoms with Gasteiger partial charge in [-0.2, -0.15) is 18.3 Å². The molecule has 0 atom stereocenters. The summed E-state index contributed by atoms with van der Waals surface area (Å²) in [5, 5.41) is 21.2. The van der Waals surface area contributed by atoms with Gasteiger partial charge >= 0.3 is 6.18 Å². The van der Waals surface area contributed by atoms with E-state index in [2.05, 4.69) is 54.2 Å². The van der Waals surface area contributed by atoms with Crippen molar-refractivity contribution in [2.75, 3.05) is 11.9 Å². The smallest absolute Gasteiger partial charge is 0.416 e. The summed E-state index contributed by atoms with van der Waals surface area (Å²) in [5.74, 6) is 0.185. The van der Waals surface area contributed by atoms with Crippen LogP contribution >= 0.6 is 11.3 Å². The summed E-state index contributed by atoms with van der Waals surface area (Å²) in [7, 11) is -2.12. The molecule has 41 heavy (non-hydrogen) atoms. The van der Waals surface area contributed by atoms with Gasteiger partial charge in [0.05, 0.1) is 21.9 Å². The Morgan fingerprint density at radius 1 is 1.17 bits per heavy atom. The van der Waals surface area contributed by atoms with Crippen molar-refractivity contribution in [2.45, 2.75) is 58.4 Å². The van der Waals surface area contributed by atoms with Gasteiger partial charge in [0, 0.05) is 54.2 Å². The lowest BCUT2D eigenvalue weighted by atomic mass is 10.1. The second-order valence-electron chi connectivity index (χ2n) is 11.1. The molecule has 14 heteroatoms. The third kappa shape index (κ3) is 6.82. The summed E-state index contributed by atoms with van der Waals surface area (Å²) in [4.78, 5) is 19.2. The van der Waals surface area contributed by atoms with E-state index in [0.717, 1.165) is 17.1 Å². The molecular formula is C27H31F3N6O3SSi. The molecule has 0 aliphatic heterocycles. The highest BCUT2D eigenvalue weighted by Crippen LogP contribution is 2.40. The molecule has 4 aromatic rings. The molecule has 0 amide bonds. The first-order valence-electron chi connectivity index (χ1n) is 12.8. The lowest BCUT2D eigenvalue weighted by Crippen LogP contribution is -2.41. The highest BCUT2D eigenvalue weighted by Gasteiger charge is 2.38. The van der Waals surface area contributed by atoms with Crippen LogP contribution in [0.5, 0.6) is 0 Å². The number of nitro groups is 1. The number of pyridine rings is 1. The van der Waals surface area contributed by atoms with Gasteiger partial charge in [-0.3, -0.25) is 10.1 Å². The minimum absolute atomic E-state index is 0.0343. The Morgan fingerprint density at radius 3 is 2.51 bits per heavy atom. The normalized spacial score (nSPS) is 12.5. The van der Waals surface area contributed by atoms with Crippen LogP contribution in [0.1, 0.15) is 37.6 Å². The number of halogens is 3. The number of nitro benzene ring substituents is 1. The highest BCUT2D eigenvalue weighted by atomic mass is 32.1. The van der Waals surface area contributed by atoms with E-state index < -0.39 is 30.7 Å². The quantitative estimate of drug-likeness (QED) is 0.117. The molecule has 0 fully saturated rings. The van der Waals surface area contributed by atoms with E-state index in [1.54, 1.807) is 24.0 Å². The Bertz CT molecular complexity index is 1550. The number of anilines is 2. The Morgan fingerprint density at radius 2 is 1.90 bits per heavy atom. The molecule has 0 saturated heterocycles. The maximum absolute atomic E-state index is 14.0. The van der Waals surface area contributed by atoms with Crippen molar-refractivity contribution in [3.05, 3.63) is 75.0 Å². The average Bonchev–Trinajstić information content (AvgIpc) is 3.56. The fourth-order valence-electron chi connectivity index (χ4n) is 3.90. The summed E-state index contributed by atoms with van der Waals surface area (Å²) < 4.78 is 50.0. The topological polar surface area (TPSA) is 108 Å². The van der Waals surface area contributed by atoms with Crippen LogP contribution in [0.2, 0.25) is 18.1 Å². The van der Waals surface area contributed by atoms with Crippen molar-refractivity contribution in [2.24, 2.45) is 0 Å². The van der Waals surface area contributed by atoms with Gasteiger partial charge < -0.3 is 9.74 Å². The van der Waals surface area contributed by atoms with Crippen LogP contribution in [0, 0.1) is 17.0 Å². The molecule has 218 valence electrons. The molecule has 0 saturated carbocycles. The summed E-state index contributed by atoms with van der Waals surface area (Å²) in [5.41, 5.74) is 0.245. The predicted octanol–water partition coefficient (Wildman–Crippen LogP) is 7.93. The Hall–Kier alpha value is -3.62. The number of hydrogen-bond donors (Lipinski definition) is 1. The molecule has 1 aromatic carbocycles. The van der Waals surface area contributed by atoms with E-state index in [4.69, 9.17) is 4.43 Å². The van der Waals surface area contributed by atoms with Crippen LogP contribution in [0.3, 0.4) is 0 Å². The molecule has 0 bridgehead atoms. The highest BCUT2D eigenvalue weighted by molar-refractivity contribution is 7.13. The minimum Gasteiger partial charge on any atom is -0.416 e. The van der Waals surface area contributed by atoms with E-state index >= 15 is 0 Å². The van der Waals surface area contributed by atoms with E-state index in [-0.39, 0.29) is 16.5 Å². The average molecular weight is 605 g/mol. The SMILES string of the molecule is Cc1cc(-n2ccc(-c3nccs3)n2)c(CCO[Si](C)(C)C(C)(C)C)c(Nc2ccc([N+](=O)[O-])cc2C(F)(F)F)n1. The lowest BCUT2D eigenvalue weighted by molar-refractivity contribution is -0.385. The van der Waals surface area contributed by atoms with Crippen LogP contribution in [-0.2, 0) is 17.0 Å². The number of aryl methyl sites for hydroxylation is 1. The number of aromatic nitrogens is 4. The first-order valence-corrected chi connectivity index (χ1v) is 16.6. The van der Waals surface area contributed by atoms with Crippen molar-refractivity contribution >= 4 is 36.8 Å². The zero-order chi connectivity index (χ0) is 30.2. The van der Waals surface area contributed by atoms with Crippen molar-refractivity contribution in [1.29, 1.82) is 0 Å². The molecule has 4 rings (SSSR count). The van der Waals surface area contributed by atoms with Gasteiger partial charge in [0.15, 0.2) is 8.32 Å². The number of non-ortho nitro benzene ring substituents is 1. The second-order valence-corrected chi connectivity index (χ2v) is 16.8. The van der Waals surface area contributed by atoms with Gasteiger partial charge in [-0.15, -0.1) is 11.3 Å². The lowest BCUT2D eigenvalue weighted by Gasteiger charge is -2.36. The van der Waals surface area contributed by atoms with Crippen LogP contribution in [-0.4, -0.2) is 39.6 Å². The Kier molecular flexibility index (Phi) is 8.39. The molecule has 0 spiro atoms. The van der Waals surface area contributed by atoms with E-state index in [0.29, 0.717) is 41.7 Å². The molecule has 3 heterocycles. The standard InChI is InChI=1S/C27H31F3N6O3SSi/c1-17-15-23(35-12-9-22(34-35)25-31-11-14-40-25)19(10-13-39-41(5,6)26(2,3)4)24(32-17)33-21-8-7-18(36(37)38)16-20(21)27(28,29)30/h7-9,11-12,14-16H,10,13H2,1-6H3,(H,32,33). The maximum atomic E-state index is 14.0. The van der Waals surface area contributed by atoms with Crippen LogP contribution in [0.4, 0.5) is 30.4 Å². The number of rotatable bonds is 9. The van der Waals surface area contributed by atoms with Crippen LogP contribution < -0.4 is 5.32 Å². The van der Waals surface area contributed by atoms with Crippen molar-refractivity contribution < 1.29 is 22.5 Å². The monoisotopic (exact) mass is 604 g/mol. The molecule has 0 aliphatic carbocycles. The number of nitrogens with zero attached hydrogens (tertiary/aromatic N) is 5. The van der Waals surface area contributed by atoms with Gasteiger partial charge in [0.1, 0.15) is 16.5 Å². The first kappa shape index (κ1) is 30.3. The zero-order valence-electron chi connectivity index (χ0n) is 23.5. The minimum atomic E-state index is -4.84. The summed E-state index contributed by atoms with van der Waals surface area (Å²) >= 11 is 1.44. The third-order valence-electron chi connectivity index (χ3n) is 7.11. The number of nitrogens with one attached hydrogen (secondary N) is 1. The fraction of sp³-hybridized carbons (Fsp3) is 0.370. The summed E-state index contributed by atoms with van der Waals surface area (Å²) in [6, 6.07) is 6.23. The Labute approximate surface area is 240 Å². The Balaban J connectivity index is 1.80. The van der Waals surface area contributed by atoms with Gasteiger partial charge in [-0.05, 0) is 43.3 Å². The fourth-order valence-corrected chi connectivity index (χ4v) is 5.55. The van der Waals surface area contributed by atoms with Crippen molar-refractivity contribution in [3.8, 4) is 16.4 Å². The molecule has 0 aliphatic rings. The van der Waals surface area contributed by atoms with Crippen LogP contribution in [0.25, 0.3) is 16.4 Å². The molecule has 1 N–H and O–H groups in total. The van der Waals surface area contributed by atoms with Gasteiger partial charge in [-0.25, -0.2) is 14.6 Å². The first-order chi connectivity index (χ1) is 19.1. The number of thiazole rings is 1. The third-order valence-corrected chi connectivity index (χ3v) is 12.4. The van der Waals surface area contributed by atoms with Gasteiger partial charge in [0.2, 0.25) is 0 Å². The molecule has 9 nitrogen and oxygen atoms in total.